The highest BCUT2D eigenvalue weighted by Gasteiger charge is 2.10. The van der Waals surface area contributed by atoms with Crippen molar-refractivity contribution in [2.45, 2.75) is 10.1 Å². The second-order valence-corrected chi connectivity index (χ2v) is 5.58. The van der Waals surface area contributed by atoms with Gasteiger partial charge < -0.3 is 5.32 Å². The number of aromatic amines is 1. The van der Waals surface area contributed by atoms with E-state index in [0.29, 0.717) is 11.6 Å². The lowest BCUT2D eigenvalue weighted by Crippen LogP contribution is -1.98. The van der Waals surface area contributed by atoms with Crippen molar-refractivity contribution in [1.82, 2.24) is 25.1 Å². The smallest absolute Gasteiger partial charge is 0.225 e. The zero-order valence-corrected chi connectivity index (χ0v) is 12.3. The number of halogens is 1. The van der Waals surface area contributed by atoms with Gasteiger partial charge in [-0.05, 0) is 39.8 Å². The van der Waals surface area contributed by atoms with E-state index in [0.717, 1.165) is 19.9 Å². The minimum Gasteiger partial charge on any atom is -0.357 e. The second kappa shape index (κ2) is 5.14. The van der Waals surface area contributed by atoms with Crippen LogP contribution in [0.3, 0.4) is 0 Å². The van der Waals surface area contributed by atoms with Gasteiger partial charge in [0.15, 0.2) is 5.65 Å². The Labute approximate surface area is 121 Å². The number of hydrogen-bond acceptors (Lipinski definition) is 6. The number of H-pyrrole nitrogens is 1. The molecule has 0 aliphatic heterocycles. The van der Waals surface area contributed by atoms with Crippen molar-refractivity contribution in [3.8, 4) is 0 Å². The maximum Gasteiger partial charge on any atom is 0.225 e. The molecule has 0 amide bonds. The van der Waals surface area contributed by atoms with E-state index in [4.69, 9.17) is 0 Å². The van der Waals surface area contributed by atoms with Crippen LogP contribution in [0.25, 0.3) is 11.0 Å². The third-order valence-corrected chi connectivity index (χ3v) is 3.82. The first-order chi connectivity index (χ1) is 9.26. The van der Waals surface area contributed by atoms with E-state index in [1.165, 1.54) is 11.8 Å². The Balaban J connectivity index is 2.03. The number of fused-ring (bicyclic) bond motifs is 1. The van der Waals surface area contributed by atoms with Crippen molar-refractivity contribution < 1.29 is 0 Å². The quantitative estimate of drug-likeness (QED) is 0.716. The highest BCUT2D eigenvalue weighted by molar-refractivity contribution is 9.10. The van der Waals surface area contributed by atoms with Crippen LogP contribution in [0, 0.1) is 0 Å². The molecule has 8 heteroatoms. The van der Waals surface area contributed by atoms with E-state index in [2.05, 4.69) is 46.4 Å². The summed E-state index contributed by atoms with van der Waals surface area (Å²) in [6.07, 6.45) is 3.48. The number of anilines is 1. The zero-order valence-electron chi connectivity index (χ0n) is 9.88. The van der Waals surface area contributed by atoms with Gasteiger partial charge in [-0.2, -0.15) is 10.1 Å². The SMILES string of the molecule is CNc1nc(Sc2ccc(Br)cn2)c2cn[nH]c2n1. The molecule has 0 fully saturated rings. The normalized spacial score (nSPS) is 10.8. The molecule has 6 nitrogen and oxygen atoms in total. The van der Waals surface area contributed by atoms with Gasteiger partial charge in [-0.25, -0.2) is 9.97 Å². The minimum absolute atomic E-state index is 0.552. The van der Waals surface area contributed by atoms with Crippen LogP contribution in [-0.2, 0) is 0 Å². The fourth-order valence-corrected chi connectivity index (χ4v) is 2.59. The molecule has 0 aliphatic rings. The fraction of sp³-hybridized carbons (Fsp3) is 0.0909. The van der Waals surface area contributed by atoms with Crippen LogP contribution >= 0.6 is 27.7 Å². The summed E-state index contributed by atoms with van der Waals surface area (Å²) in [4.78, 5) is 13.1. The van der Waals surface area contributed by atoms with Gasteiger partial charge >= 0.3 is 0 Å². The Bertz CT molecular complexity index is 711. The van der Waals surface area contributed by atoms with Crippen LogP contribution in [0.2, 0.25) is 0 Å². The summed E-state index contributed by atoms with van der Waals surface area (Å²) in [5.41, 5.74) is 0.707. The summed E-state index contributed by atoms with van der Waals surface area (Å²) in [5.74, 6) is 0.552. The molecule has 0 spiro atoms. The van der Waals surface area contributed by atoms with Crippen LogP contribution in [0.5, 0.6) is 0 Å². The standard InChI is InChI=1S/C11H9BrN6S/c1-13-11-16-9-7(5-15-18-9)10(17-11)19-8-3-2-6(12)4-14-8/h2-5H,1H3,(H2,13,15,16,17,18). The van der Waals surface area contributed by atoms with E-state index >= 15 is 0 Å². The third-order valence-electron chi connectivity index (χ3n) is 2.40. The summed E-state index contributed by atoms with van der Waals surface area (Å²) in [6, 6.07) is 3.88. The summed E-state index contributed by atoms with van der Waals surface area (Å²) >= 11 is 4.84. The molecule has 3 aromatic heterocycles. The lowest BCUT2D eigenvalue weighted by Gasteiger charge is -2.04. The average molecular weight is 337 g/mol. The number of rotatable bonds is 3. The molecule has 0 atom stereocenters. The van der Waals surface area contributed by atoms with E-state index in [9.17, 15) is 0 Å². The number of aromatic nitrogens is 5. The maximum absolute atomic E-state index is 4.44. The van der Waals surface area contributed by atoms with Crippen LogP contribution < -0.4 is 5.32 Å². The van der Waals surface area contributed by atoms with Crippen molar-refractivity contribution in [2.24, 2.45) is 0 Å². The zero-order chi connectivity index (χ0) is 13.2. The Hall–Kier alpha value is -1.67. The summed E-state index contributed by atoms with van der Waals surface area (Å²) in [6.45, 7) is 0. The fourth-order valence-electron chi connectivity index (χ4n) is 1.52. The molecule has 0 aliphatic carbocycles. The highest BCUT2D eigenvalue weighted by atomic mass is 79.9. The third kappa shape index (κ3) is 2.54. The van der Waals surface area contributed by atoms with Crippen LogP contribution in [0.15, 0.2) is 39.1 Å². The van der Waals surface area contributed by atoms with E-state index in [-0.39, 0.29) is 0 Å². The molecular formula is C11H9BrN6S. The largest absolute Gasteiger partial charge is 0.357 e. The van der Waals surface area contributed by atoms with Crippen LogP contribution in [-0.4, -0.2) is 32.2 Å². The molecule has 96 valence electrons. The van der Waals surface area contributed by atoms with Crippen molar-refractivity contribution in [3.05, 3.63) is 29.0 Å². The molecule has 3 aromatic rings. The monoisotopic (exact) mass is 336 g/mol. The van der Waals surface area contributed by atoms with Crippen LogP contribution in [0.4, 0.5) is 5.95 Å². The van der Waals surface area contributed by atoms with E-state index in [1.807, 2.05) is 12.1 Å². The predicted octanol–water partition coefficient (Wildman–Crippen LogP) is 2.70. The molecule has 19 heavy (non-hydrogen) atoms. The molecule has 3 rings (SSSR count). The Morgan fingerprint density at radius 3 is 2.89 bits per heavy atom. The Morgan fingerprint density at radius 1 is 1.26 bits per heavy atom. The molecule has 0 aromatic carbocycles. The number of pyridine rings is 1. The first kappa shape index (κ1) is 12.4. The van der Waals surface area contributed by atoms with Crippen molar-refractivity contribution in [3.63, 3.8) is 0 Å². The van der Waals surface area contributed by atoms with Gasteiger partial charge in [0, 0.05) is 17.7 Å². The number of nitrogens with zero attached hydrogens (tertiary/aromatic N) is 4. The van der Waals surface area contributed by atoms with Crippen molar-refractivity contribution >= 4 is 44.7 Å². The first-order valence-corrected chi connectivity index (χ1v) is 7.05. The second-order valence-electron chi connectivity index (χ2n) is 3.65. The van der Waals surface area contributed by atoms with E-state index in [1.54, 1.807) is 19.4 Å². The molecule has 0 radical (unpaired) electrons. The molecular weight excluding hydrogens is 328 g/mol. The molecule has 0 bridgehead atoms. The van der Waals surface area contributed by atoms with Gasteiger partial charge in [0.2, 0.25) is 5.95 Å². The van der Waals surface area contributed by atoms with Crippen LogP contribution in [0.1, 0.15) is 0 Å². The molecule has 0 saturated carbocycles. The molecule has 0 saturated heterocycles. The van der Waals surface area contributed by atoms with Gasteiger partial charge in [-0.15, -0.1) is 0 Å². The van der Waals surface area contributed by atoms with Gasteiger partial charge in [-0.3, -0.25) is 5.10 Å². The lowest BCUT2D eigenvalue weighted by molar-refractivity contribution is 1.06. The van der Waals surface area contributed by atoms with Gasteiger partial charge in [0.1, 0.15) is 10.1 Å². The first-order valence-electron chi connectivity index (χ1n) is 5.44. The molecule has 3 heterocycles. The predicted molar refractivity (Wildman–Crippen MR) is 77.3 cm³/mol. The van der Waals surface area contributed by atoms with Crippen molar-refractivity contribution in [2.75, 3.05) is 12.4 Å². The van der Waals surface area contributed by atoms with Gasteiger partial charge in [0.25, 0.3) is 0 Å². The van der Waals surface area contributed by atoms with Gasteiger partial charge in [-0.1, -0.05) is 0 Å². The summed E-state index contributed by atoms with van der Waals surface area (Å²) < 4.78 is 0.948. The Kier molecular flexibility index (Phi) is 3.34. The summed E-state index contributed by atoms with van der Waals surface area (Å²) in [7, 11) is 1.78. The number of hydrogen-bond donors (Lipinski definition) is 2. The average Bonchev–Trinajstić information content (AvgIpc) is 2.89. The topological polar surface area (TPSA) is 79.4 Å². The highest BCUT2D eigenvalue weighted by Crippen LogP contribution is 2.30. The summed E-state index contributed by atoms with van der Waals surface area (Å²) in [5, 5.41) is 12.3. The maximum atomic E-state index is 4.44. The van der Waals surface area contributed by atoms with Crippen molar-refractivity contribution in [1.29, 1.82) is 0 Å². The number of nitrogens with one attached hydrogen (secondary N) is 2. The van der Waals surface area contributed by atoms with Gasteiger partial charge in [0.05, 0.1) is 11.6 Å². The lowest BCUT2D eigenvalue weighted by atomic mass is 10.4. The molecule has 2 N–H and O–H groups in total. The van der Waals surface area contributed by atoms with E-state index < -0.39 is 0 Å². The molecule has 0 unspecified atom stereocenters. The Morgan fingerprint density at radius 2 is 2.16 bits per heavy atom. The minimum atomic E-state index is 0.552.